The lowest BCUT2D eigenvalue weighted by Crippen LogP contribution is -2.37. The minimum atomic E-state index is -0.118. The molecule has 1 saturated heterocycles. The van der Waals surface area contributed by atoms with Crippen molar-refractivity contribution in [1.29, 1.82) is 0 Å². The summed E-state index contributed by atoms with van der Waals surface area (Å²) in [4.78, 5) is 21.7. The Bertz CT molecular complexity index is 1280. The molecule has 1 aliphatic rings. The molecule has 7 heteroatoms. The van der Waals surface area contributed by atoms with Crippen molar-refractivity contribution >= 4 is 55.1 Å². The van der Waals surface area contributed by atoms with Crippen LogP contribution < -0.4 is 9.64 Å². The van der Waals surface area contributed by atoms with E-state index in [0.717, 1.165) is 40.4 Å². The maximum atomic E-state index is 13.9. The highest BCUT2D eigenvalue weighted by Crippen LogP contribution is 2.35. The van der Waals surface area contributed by atoms with E-state index in [-0.39, 0.29) is 12.0 Å². The molecule has 1 atom stereocenters. The lowest BCUT2D eigenvalue weighted by atomic mass is 10.0. The molecular formula is C25H24N2O3S2. The molecule has 1 unspecified atom stereocenters. The van der Waals surface area contributed by atoms with Crippen LogP contribution in [0.3, 0.4) is 0 Å². The molecule has 1 aliphatic heterocycles. The molecule has 4 aromatic rings. The molecule has 164 valence electrons. The molecule has 0 N–H and O–H groups in total. The molecule has 0 bridgehead atoms. The zero-order valence-electron chi connectivity index (χ0n) is 18.0. The predicted octanol–water partition coefficient (Wildman–Crippen LogP) is 6.01. The number of amides is 1. The van der Waals surface area contributed by atoms with Gasteiger partial charge < -0.3 is 9.47 Å². The van der Waals surface area contributed by atoms with Crippen LogP contribution in [0.5, 0.6) is 5.75 Å². The van der Waals surface area contributed by atoms with Crippen molar-refractivity contribution in [1.82, 2.24) is 4.98 Å². The molecule has 0 aliphatic carbocycles. The van der Waals surface area contributed by atoms with Gasteiger partial charge in [-0.2, -0.15) is 0 Å². The second-order valence-electron chi connectivity index (χ2n) is 7.78. The van der Waals surface area contributed by atoms with Crippen molar-refractivity contribution in [2.24, 2.45) is 0 Å². The third-order valence-corrected chi connectivity index (χ3v) is 7.54. The van der Waals surface area contributed by atoms with Gasteiger partial charge in [0.05, 0.1) is 35.5 Å². The summed E-state index contributed by atoms with van der Waals surface area (Å²) in [5, 5.41) is 2.73. The van der Waals surface area contributed by atoms with E-state index < -0.39 is 0 Å². The fraction of sp³-hybridized carbons (Fsp3) is 0.280. The lowest BCUT2D eigenvalue weighted by molar-refractivity contribution is 0.0915. The molecule has 0 spiro atoms. The number of ether oxygens (including phenoxy) is 2. The van der Waals surface area contributed by atoms with Gasteiger partial charge in [0.2, 0.25) is 0 Å². The highest BCUT2D eigenvalue weighted by molar-refractivity contribution is 7.98. The zero-order valence-corrected chi connectivity index (χ0v) is 19.7. The SMILES string of the molecule is COc1cc2ccccc2cc1C(=O)N(CC1CCCO1)c1nc2ccc(SC)cc2s1. The highest BCUT2D eigenvalue weighted by atomic mass is 32.2. The van der Waals surface area contributed by atoms with Crippen molar-refractivity contribution in [2.45, 2.75) is 23.8 Å². The van der Waals surface area contributed by atoms with Gasteiger partial charge in [-0.05, 0) is 60.2 Å². The molecular weight excluding hydrogens is 440 g/mol. The first-order chi connectivity index (χ1) is 15.7. The molecule has 1 aromatic heterocycles. The quantitative estimate of drug-likeness (QED) is 0.327. The first-order valence-corrected chi connectivity index (χ1v) is 12.6. The van der Waals surface area contributed by atoms with Crippen LogP contribution in [-0.2, 0) is 4.74 Å². The Labute approximate surface area is 195 Å². The number of hydrogen-bond acceptors (Lipinski definition) is 6. The van der Waals surface area contributed by atoms with E-state index in [1.165, 1.54) is 4.90 Å². The second-order valence-corrected chi connectivity index (χ2v) is 9.67. The predicted molar refractivity (Wildman–Crippen MR) is 133 cm³/mol. The highest BCUT2D eigenvalue weighted by Gasteiger charge is 2.29. The fourth-order valence-electron chi connectivity index (χ4n) is 4.08. The molecule has 32 heavy (non-hydrogen) atoms. The number of fused-ring (bicyclic) bond motifs is 2. The summed E-state index contributed by atoms with van der Waals surface area (Å²) in [6.07, 6.45) is 4.03. The van der Waals surface area contributed by atoms with Crippen molar-refractivity contribution in [3.05, 3.63) is 60.2 Å². The summed E-state index contributed by atoms with van der Waals surface area (Å²) in [5.74, 6) is 0.448. The maximum Gasteiger partial charge on any atom is 0.263 e. The summed E-state index contributed by atoms with van der Waals surface area (Å²) in [6.45, 7) is 1.22. The largest absolute Gasteiger partial charge is 0.496 e. The van der Waals surface area contributed by atoms with Crippen molar-refractivity contribution in [3.8, 4) is 5.75 Å². The number of nitrogens with zero attached hydrogens (tertiary/aromatic N) is 2. The van der Waals surface area contributed by atoms with E-state index in [0.29, 0.717) is 23.0 Å². The van der Waals surface area contributed by atoms with Crippen LogP contribution in [0.2, 0.25) is 0 Å². The van der Waals surface area contributed by atoms with Gasteiger partial charge in [0.25, 0.3) is 5.91 Å². The molecule has 2 heterocycles. The normalized spacial score (nSPS) is 16.0. The number of carbonyl (C=O) groups is 1. The summed E-state index contributed by atoms with van der Waals surface area (Å²) in [5.41, 5.74) is 1.44. The fourth-order valence-corrected chi connectivity index (χ4v) is 5.60. The topological polar surface area (TPSA) is 51.7 Å². The van der Waals surface area contributed by atoms with Gasteiger partial charge in [-0.15, -0.1) is 11.8 Å². The molecule has 5 rings (SSSR count). The van der Waals surface area contributed by atoms with Gasteiger partial charge in [0.1, 0.15) is 5.75 Å². The molecule has 1 fully saturated rings. The Morgan fingerprint density at radius 2 is 2.03 bits per heavy atom. The third-order valence-electron chi connectivity index (χ3n) is 5.77. The molecule has 3 aromatic carbocycles. The van der Waals surface area contributed by atoms with E-state index in [1.807, 2.05) is 42.5 Å². The van der Waals surface area contributed by atoms with Crippen LogP contribution in [-0.4, -0.2) is 43.5 Å². The van der Waals surface area contributed by atoms with E-state index in [9.17, 15) is 4.79 Å². The smallest absolute Gasteiger partial charge is 0.263 e. The van der Waals surface area contributed by atoms with Gasteiger partial charge in [-0.3, -0.25) is 9.69 Å². The minimum absolute atomic E-state index is 0.0131. The number of benzene rings is 3. The number of methoxy groups -OCH3 is 1. The van der Waals surface area contributed by atoms with Crippen LogP contribution in [0, 0.1) is 0 Å². The van der Waals surface area contributed by atoms with Crippen LogP contribution in [0.25, 0.3) is 21.0 Å². The van der Waals surface area contributed by atoms with E-state index in [4.69, 9.17) is 14.5 Å². The van der Waals surface area contributed by atoms with Crippen LogP contribution in [0.15, 0.2) is 59.5 Å². The monoisotopic (exact) mass is 464 g/mol. The summed E-state index contributed by atoms with van der Waals surface area (Å²) >= 11 is 3.24. The number of thioether (sulfide) groups is 1. The molecule has 5 nitrogen and oxygen atoms in total. The number of anilines is 1. The Balaban J connectivity index is 1.59. The Morgan fingerprint density at radius 1 is 1.22 bits per heavy atom. The van der Waals surface area contributed by atoms with Crippen molar-refractivity contribution < 1.29 is 14.3 Å². The van der Waals surface area contributed by atoms with Crippen molar-refractivity contribution in [2.75, 3.05) is 31.4 Å². The number of aromatic nitrogens is 1. The van der Waals surface area contributed by atoms with Crippen molar-refractivity contribution in [3.63, 3.8) is 0 Å². The van der Waals surface area contributed by atoms with E-state index >= 15 is 0 Å². The van der Waals surface area contributed by atoms with E-state index in [1.54, 1.807) is 35.1 Å². The third kappa shape index (κ3) is 4.08. The van der Waals surface area contributed by atoms with Gasteiger partial charge in [-0.25, -0.2) is 4.98 Å². The Kier molecular flexibility index (Phi) is 6.04. The first kappa shape index (κ1) is 21.2. The second kappa shape index (κ2) is 9.10. The van der Waals surface area contributed by atoms with Gasteiger partial charge in [0.15, 0.2) is 5.13 Å². The average Bonchev–Trinajstić information content (AvgIpc) is 3.50. The van der Waals surface area contributed by atoms with Crippen LogP contribution >= 0.6 is 23.1 Å². The van der Waals surface area contributed by atoms with Crippen LogP contribution in [0.1, 0.15) is 23.2 Å². The number of thiazole rings is 1. The average molecular weight is 465 g/mol. The molecule has 1 amide bonds. The van der Waals surface area contributed by atoms with Gasteiger partial charge in [0, 0.05) is 11.5 Å². The number of rotatable bonds is 6. The Hall–Kier alpha value is -2.61. The summed E-state index contributed by atoms with van der Waals surface area (Å²) < 4.78 is 12.6. The van der Waals surface area contributed by atoms with Crippen LogP contribution in [0.4, 0.5) is 5.13 Å². The molecule has 0 radical (unpaired) electrons. The maximum absolute atomic E-state index is 13.9. The minimum Gasteiger partial charge on any atom is -0.496 e. The molecule has 0 saturated carbocycles. The van der Waals surface area contributed by atoms with Gasteiger partial charge in [-0.1, -0.05) is 35.6 Å². The first-order valence-electron chi connectivity index (χ1n) is 10.6. The lowest BCUT2D eigenvalue weighted by Gasteiger charge is -2.24. The number of hydrogen-bond donors (Lipinski definition) is 0. The summed E-state index contributed by atoms with van der Waals surface area (Å²) in [7, 11) is 1.60. The summed E-state index contributed by atoms with van der Waals surface area (Å²) in [6, 6.07) is 18.0. The zero-order chi connectivity index (χ0) is 22.1. The standard InChI is InChI=1S/C25H24N2O3S2/c1-29-22-13-17-7-4-3-6-16(17)12-20(22)24(28)27(15-18-8-5-11-30-18)25-26-21-10-9-19(31-2)14-23(21)32-25/h3-4,6-7,9-10,12-14,18H,5,8,11,15H2,1-2H3. The number of carbonyl (C=O) groups excluding carboxylic acids is 1. The Morgan fingerprint density at radius 3 is 2.75 bits per heavy atom. The van der Waals surface area contributed by atoms with E-state index in [2.05, 4.69) is 18.4 Å². The van der Waals surface area contributed by atoms with Gasteiger partial charge >= 0.3 is 0 Å².